The zero-order valence-electron chi connectivity index (χ0n) is 14.5. The van der Waals surface area contributed by atoms with Crippen LogP contribution < -0.4 is 10.6 Å². The quantitative estimate of drug-likeness (QED) is 0.679. The molecule has 1 amide bonds. The van der Waals surface area contributed by atoms with Crippen LogP contribution >= 0.6 is 0 Å². The van der Waals surface area contributed by atoms with Crippen LogP contribution in [0.5, 0.6) is 0 Å². The molecular formula is C20H22N4O. The number of pyridine rings is 2. The van der Waals surface area contributed by atoms with E-state index in [1.807, 2.05) is 31.2 Å². The van der Waals surface area contributed by atoms with E-state index in [4.69, 9.17) is 0 Å². The Morgan fingerprint density at radius 3 is 2.80 bits per heavy atom. The Kier molecular flexibility index (Phi) is 5.23. The Morgan fingerprint density at radius 1 is 1.16 bits per heavy atom. The van der Waals surface area contributed by atoms with Crippen molar-refractivity contribution in [2.45, 2.75) is 20.3 Å². The Bertz CT molecular complexity index is 878. The van der Waals surface area contributed by atoms with E-state index >= 15 is 0 Å². The van der Waals surface area contributed by atoms with Crippen LogP contribution in [0.15, 0.2) is 48.8 Å². The molecule has 2 N–H and O–H groups in total. The summed E-state index contributed by atoms with van der Waals surface area (Å²) in [5, 5.41) is 7.11. The number of rotatable bonds is 6. The van der Waals surface area contributed by atoms with Gasteiger partial charge < -0.3 is 10.6 Å². The van der Waals surface area contributed by atoms with E-state index in [1.165, 1.54) is 5.56 Å². The first-order valence-corrected chi connectivity index (χ1v) is 8.49. The standard InChI is InChI=1S/C20H22N4O/c1-3-15-6-7-19-17(12-15)18(11-14(2)24-19)20(25)23-10-9-22-16-5-4-8-21-13-16/h4-8,11-13,22H,3,9-10H2,1-2H3,(H,23,25). The zero-order valence-corrected chi connectivity index (χ0v) is 14.5. The van der Waals surface area contributed by atoms with E-state index in [2.05, 4.69) is 39.7 Å². The van der Waals surface area contributed by atoms with Gasteiger partial charge in [0.1, 0.15) is 0 Å². The van der Waals surface area contributed by atoms with Crippen molar-refractivity contribution in [2.75, 3.05) is 18.4 Å². The predicted octanol–water partition coefficient (Wildman–Crippen LogP) is 3.34. The van der Waals surface area contributed by atoms with Gasteiger partial charge in [0.2, 0.25) is 0 Å². The highest BCUT2D eigenvalue weighted by atomic mass is 16.1. The fourth-order valence-corrected chi connectivity index (χ4v) is 2.76. The summed E-state index contributed by atoms with van der Waals surface area (Å²) in [4.78, 5) is 21.2. The van der Waals surface area contributed by atoms with Gasteiger partial charge in [-0.1, -0.05) is 13.0 Å². The van der Waals surface area contributed by atoms with Crippen molar-refractivity contribution >= 4 is 22.5 Å². The van der Waals surface area contributed by atoms with Crippen LogP contribution in [0.2, 0.25) is 0 Å². The summed E-state index contributed by atoms with van der Waals surface area (Å²) in [6, 6.07) is 11.8. The maximum Gasteiger partial charge on any atom is 0.252 e. The summed E-state index contributed by atoms with van der Waals surface area (Å²) in [6.07, 6.45) is 4.42. The van der Waals surface area contributed by atoms with Gasteiger partial charge in [0, 0.05) is 36.6 Å². The Morgan fingerprint density at radius 2 is 2.04 bits per heavy atom. The Labute approximate surface area is 147 Å². The topological polar surface area (TPSA) is 66.9 Å². The molecule has 3 aromatic rings. The SMILES string of the molecule is CCc1ccc2nc(C)cc(C(=O)NCCNc3cccnc3)c2c1. The number of amides is 1. The second kappa shape index (κ2) is 7.75. The minimum atomic E-state index is -0.0725. The predicted molar refractivity (Wildman–Crippen MR) is 101 cm³/mol. The molecule has 2 heterocycles. The van der Waals surface area contributed by atoms with E-state index in [9.17, 15) is 4.79 Å². The fraction of sp³-hybridized carbons (Fsp3) is 0.250. The monoisotopic (exact) mass is 334 g/mol. The number of anilines is 1. The van der Waals surface area contributed by atoms with E-state index < -0.39 is 0 Å². The van der Waals surface area contributed by atoms with Gasteiger partial charge in [0.05, 0.1) is 16.8 Å². The third kappa shape index (κ3) is 4.12. The lowest BCUT2D eigenvalue weighted by atomic mass is 10.0. The molecule has 2 aromatic heterocycles. The lowest BCUT2D eigenvalue weighted by Crippen LogP contribution is -2.29. The molecule has 0 saturated heterocycles. The smallest absolute Gasteiger partial charge is 0.252 e. The lowest BCUT2D eigenvalue weighted by Gasteiger charge is -2.11. The average Bonchev–Trinajstić information content (AvgIpc) is 2.65. The van der Waals surface area contributed by atoms with Crippen molar-refractivity contribution in [3.63, 3.8) is 0 Å². The largest absolute Gasteiger partial charge is 0.382 e. The third-order valence-corrected chi connectivity index (χ3v) is 4.06. The highest BCUT2D eigenvalue weighted by Crippen LogP contribution is 2.20. The third-order valence-electron chi connectivity index (χ3n) is 4.06. The molecule has 1 aromatic carbocycles. The normalized spacial score (nSPS) is 10.6. The first-order chi connectivity index (χ1) is 12.2. The highest BCUT2D eigenvalue weighted by Gasteiger charge is 2.12. The number of nitrogens with one attached hydrogen (secondary N) is 2. The molecule has 3 rings (SSSR count). The second-order valence-corrected chi connectivity index (χ2v) is 5.94. The van der Waals surface area contributed by atoms with Gasteiger partial charge in [-0.3, -0.25) is 14.8 Å². The zero-order chi connectivity index (χ0) is 17.6. The number of fused-ring (bicyclic) bond motifs is 1. The van der Waals surface area contributed by atoms with Crippen molar-refractivity contribution in [3.05, 3.63) is 65.6 Å². The van der Waals surface area contributed by atoms with Crippen LogP contribution in [0, 0.1) is 6.92 Å². The van der Waals surface area contributed by atoms with Crippen molar-refractivity contribution < 1.29 is 4.79 Å². The molecule has 0 bridgehead atoms. The van der Waals surface area contributed by atoms with E-state index in [0.29, 0.717) is 18.7 Å². The summed E-state index contributed by atoms with van der Waals surface area (Å²) in [7, 11) is 0. The number of hydrogen-bond acceptors (Lipinski definition) is 4. The number of benzene rings is 1. The first-order valence-electron chi connectivity index (χ1n) is 8.49. The first kappa shape index (κ1) is 16.9. The summed E-state index contributed by atoms with van der Waals surface area (Å²) in [5.41, 5.74) is 4.52. The van der Waals surface area contributed by atoms with Gasteiger partial charge in [-0.2, -0.15) is 0 Å². The molecule has 0 unspecified atom stereocenters. The average molecular weight is 334 g/mol. The Balaban J connectivity index is 1.70. The number of nitrogens with zero attached hydrogens (tertiary/aromatic N) is 2. The van der Waals surface area contributed by atoms with Crippen LogP contribution in [0.25, 0.3) is 10.9 Å². The van der Waals surface area contributed by atoms with Gasteiger partial charge in [-0.25, -0.2) is 0 Å². The van der Waals surface area contributed by atoms with Gasteiger partial charge in [0.15, 0.2) is 0 Å². The van der Waals surface area contributed by atoms with Crippen LogP contribution in [0.1, 0.15) is 28.5 Å². The molecular weight excluding hydrogens is 312 g/mol. The van der Waals surface area contributed by atoms with Crippen molar-refractivity contribution in [2.24, 2.45) is 0 Å². The van der Waals surface area contributed by atoms with Crippen molar-refractivity contribution in [3.8, 4) is 0 Å². The number of aryl methyl sites for hydroxylation is 2. The molecule has 0 aliphatic rings. The van der Waals surface area contributed by atoms with E-state index in [0.717, 1.165) is 28.7 Å². The molecule has 25 heavy (non-hydrogen) atoms. The van der Waals surface area contributed by atoms with Crippen LogP contribution in [-0.2, 0) is 6.42 Å². The summed E-state index contributed by atoms with van der Waals surface area (Å²) in [6.45, 7) is 5.18. The van der Waals surface area contributed by atoms with Gasteiger partial charge >= 0.3 is 0 Å². The van der Waals surface area contributed by atoms with Crippen molar-refractivity contribution in [1.82, 2.24) is 15.3 Å². The van der Waals surface area contributed by atoms with Crippen LogP contribution in [0.4, 0.5) is 5.69 Å². The number of aromatic nitrogens is 2. The second-order valence-electron chi connectivity index (χ2n) is 5.94. The van der Waals surface area contributed by atoms with Gasteiger partial charge in [-0.05, 0) is 49.2 Å². The van der Waals surface area contributed by atoms with Gasteiger partial charge in [-0.15, -0.1) is 0 Å². The molecule has 0 radical (unpaired) electrons. The molecule has 0 atom stereocenters. The Hall–Kier alpha value is -2.95. The molecule has 0 aliphatic carbocycles. The number of carbonyl (C=O) groups excluding carboxylic acids is 1. The summed E-state index contributed by atoms with van der Waals surface area (Å²) < 4.78 is 0. The minimum absolute atomic E-state index is 0.0725. The van der Waals surface area contributed by atoms with E-state index in [-0.39, 0.29) is 5.91 Å². The fourth-order valence-electron chi connectivity index (χ4n) is 2.76. The minimum Gasteiger partial charge on any atom is -0.382 e. The van der Waals surface area contributed by atoms with Crippen LogP contribution in [-0.4, -0.2) is 29.0 Å². The molecule has 5 heteroatoms. The molecule has 5 nitrogen and oxygen atoms in total. The van der Waals surface area contributed by atoms with Crippen molar-refractivity contribution in [1.29, 1.82) is 0 Å². The van der Waals surface area contributed by atoms with Crippen LogP contribution in [0.3, 0.4) is 0 Å². The van der Waals surface area contributed by atoms with Gasteiger partial charge in [0.25, 0.3) is 5.91 Å². The highest BCUT2D eigenvalue weighted by molar-refractivity contribution is 6.06. The molecule has 0 saturated carbocycles. The maximum absolute atomic E-state index is 12.6. The lowest BCUT2D eigenvalue weighted by molar-refractivity contribution is 0.0956. The summed E-state index contributed by atoms with van der Waals surface area (Å²) >= 11 is 0. The number of carbonyl (C=O) groups is 1. The molecule has 0 spiro atoms. The number of hydrogen-bond donors (Lipinski definition) is 2. The molecule has 0 fully saturated rings. The maximum atomic E-state index is 12.6. The summed E-state index contributed by atoms with van der Waals surface area (Å²) in [5.74, 6) is -0.0725. The van der Waals surface area contributed by atoms with E-state index in [1.54, 1.807) is 12.4 Å². The molecule has 0 aliphatic heterocycles. The molecule has 128 valence electrons.